The van der Waals surface area contributed by atoms with E-state index in [1.807, 2.05) is 36.4 Å². The highest BCUT2D eigenvalue weighted by atomic mass is 32.1. The number of methoxy groups -OCH3 is 1. The van der Waals surface area contributed by atoms with Crippen LogP contribution in [-0.4, -0.2) is 18.1 Å². The normalized spacial score (nSPS) is 10.5. The number of aromatic nitrogens is 1. The highest BCUT2D eigenvalue weighted by molar-refractivity contribution is 7.17. The third-order valence-corrected chi connectivity index (χ3v) is 4.82. The van der Waals surface area contributed by atoms with Gasteiger partial charge in [0, 0.05) is 5.56 Å². The number of hydrogen-bond acceptors (Lipinski definition) is 6. The zero-order valence-corrected chi connectivity index (χ0v) is 14.6. The topological polar surface area (TPSA) is 71.5 Å². The summed E-state index contributed by atoms with van der Waals surface area (Å²) in [6.07, 6.45) is 0. The van der Waals surface area contributed by atoms with Crippen LogP contribution in [0.2, 0.25) is 0 Å². The number of nitrogens with zero attached hydrogens (tertiary/aromatic N) is 1. The molecule has 25 heavy (non-hydrogen) atoms. The Bertz CT molecular complexity index is 890. The number of carbonyl (C=O) groups excluding carboxylic acids is 1. The van der Waals surface area contributed by atoms with Gasteiger partial charge in [0.25, 0.3) is 0 Å². The predicted molar refractivity (Wildman–Crippen MR) is 93.9 cm³/mol. The Hall–Kier alpha value is -2.86. The second-order valence-corrected chi connectivity index (χ2v) is 6.36. The smallest absolute Gasteiger partial charge is 0.161 e. The highest BCUT2D eigenvalue weighted by Gasteiger charge is 2.13. The Kier molecular flexibility index (Phi) is 5.00. The minimum absolute atomic E-state index is 0.137. The van der Waals surface area contributed by atoms with E-state index < -0.39 is 5.97 Å². The van der Waals surface area contributed by atoms with Crippen molar-refractivity contribution in [3.05, 3.63) is 64.7 Å². The summed E-state index contributed by atoms with van der Waals surface area (Å²) in [5.74, 6) is -0.0316. The standard InChI is InChI=1S/C19H17NO4S/c1-12-17(19(21)22)25-18(20-12)14-8-9-15(16(10-14)23-2)24-11-13-6-4-3-5-7-13/h3-10H,11H2,1-2H3,(H,21,22)/p-1. The van der Waals surface area contributed by atoms with Crippen molar-refractivity contribution in [2.75, 3.05) is 7.11 Å². The van der Waals surface area contributed by atoms with Gasteiger partial charge in [0.15, 0.2) is 11.5 Å². The molecule has 0 saturated carbocycles. The lowest BCUT2D eigenvalue weighted by atomic mass is 10.2. The van der Waals surface area contributed by atoms with Gasteiger partial charge in [-0.15, -0.1) is 11.3 Å². The van der Waals surface area contributed by atoms with Crippen LogP contribution >= 0.6 is 11.3 Å². The molecule has 0 aliphatic carbocycles. The molecule has 5 nitrogen and oxygen atoms in total. The van der Waals surface area contributed by atoms with Crippen LogP contribution in [-0.2, 0) is 6.61 Å². The van der Waals surface area contributed by atoms with Crippen LogP contribution in [0, 0.1) is 6.92 Å². The summed E-state index contributed by atoms with van der Waals surface area (Å²) in [5, 5.41) is 11.7. The van der Waals surface area contributed by atoms with E-state index in [-0.39, 0.29) is 4.88 Å². The summed E-state index contributed by atoms with van der Waals surface area (Å²) in [7, 11) is 1.56. The maximum absolute atomic E-state index is 11.1. The number of carbonyl (C=O) groups is 1. The minimum Gasteiger partial charge on any atom is -0.544 e. The number of carboxylic acids is 1. The zero-order chi connectivity index (χ0) is 17.8. The average Bonchev–Trinajstić information content (AvgIpc) is 3.02. The lowest BCUT2D eigenvalue weighted by Gasteiger charge is -2.11. The molecule has 2 aromatic carbocycles. The van der Waals surface area contributed by atoms with Crippen molar-refractivity contribution < 1.29 is 19.4 Å². The number of carboxylic acid groups (broad SMARTS) is 1. The molecule has 3 rings (SSSR count). The van der Waals surface area contributed by atoms with E-state index >= 15 is 0 Å². The minimum atomic E-state index is -1.21. The summed E-state index contributed by atoms with van der Waals surface area (Å²) in [6, 6.07) is 15.3. The Morgan fingerprint density at radius 3 is 2.56 bits per heavy atom. The lowest BCUT2D eigenvalue weighted by molar-refractivity contribution is -0.254. The number of rotatable bonds is 6. The van der Waals surface area contributed by atoms with Crippen LogP contribution in [0.5, 0.6) is 11.5 Å². The number of aromatic carboxylic acids is 1. The van der Waals surface area contributed by atoms with Crippen LogP contribution in [0.3, 0.4) is 0 Å². The molecule has 3 aromatic rings. The summed E-state index contributed by atoms with van der Waals surface area (Å²) in [4.78, 5) is 15.5. The first-order valence-corrected chi connectivity index (χ1v) is 8.44. The summed E-state index contributed by atoms with van der Waals surface area (Å²) < 4.78 is 11.2. The van der Waals surface area contributed by atoms with E-state index in [1.165, 1.54) is 0 Å². The van der Waals surface area contributed by atoms with Crippen LogP contribution in [0.15, 0.2) is 48.5 Å². The SMILES string of the molecule is COc1cc(-c2nc(C)c(C(=O)[O-])s2)ccc1OCc1ccccc1. The van der Waals surface area contributed by atoms with Gasteiger partial charge in [0.05, 0.1) is 23.7 Å². The maximum Gasteiger partial charge on any atom is 0.161 e. The second kappa shape index (κ2) is 7.36. The third-order valence-electron chi connectivity index (χ3n) is 3.63. The zero-order valence-electron chi connectivity index (χ0n) is 13.8. The van der Waals surface area contributed by atoms with Gasteiger partial charge in [0.2, 0.25) is 0 Å². The van der Waals surface area contributed by atoms with Crippen molar-refractivity contribution in [1.82, 2.24) is 4.98 Å². The number of hydrogen-bond donors (Lipinski definition) is 0. The van der Waals surface area contributed by atoms with Gasteiger partial charge in [-0.1, -0.05) is 30.3 Å². The lowest BCUT2D eigenvalue weighted by Crippen LogP contribution is -2.21. The average molecular weight is 354 g/mol. The summed E-state index contributed by atoms with van der Waals surface area (Å²) >= 11 is 1.09. The van der Waals surface area contributed by atoms with Gasteiger partial charge < -0.3 is 19.4 Å². The predicted octanol–water partition coefficient (Wildman–Crippen LogP) is 3.07. The molecular weight excluding hydrogens is 338 g/mol. The fourth-order valence-electron chi connectivity index (χ4n) is 2.36. The van der Waals surface area contributed by atoms with Gasteiger partial charge in [-0.05, 0) is 30.7 Å². The van der Waals surface area contributed by atoms with Gasteiger partial charge in [-0.25, -0.2) is 4.98 Å². The van der Waals surface area contributed by atoms with E-state index in [2.05, 4.69) is 4.98 Å². The van der Waals surface area contributed by atoms with Crippen LogP contribution < -0.4 is 14.6 Å². The molecule has 0 fully saturated rings. The van der Waals surface area contributed by atoms with E-state index in [9.17, 15) is 9.90 Å². The first kappa shape index (κ1) is 17.0. The molecule has 0 spiro atoms. The molecule has 128 valence electrons. The molecular formula is C19H16NO4S-. The second-order valence-electron chi connectivity index (χ2n) is 5.36. The molecule has 0 aliphatic heterocycles. The maximum atomic E-state index is 11.1. The van der Waals surface area contributed by atoms with Crippen LogP contribution in [0.25, 0.3) is 10.6 Å². The Balaban J connectivity index is 1.84. The largest absolute Gasteiger partial charge is 0.544 e. The van der Waals surface area contributed by atoms with E-state index in [4.69, 9.17) is 9.47 Å². The van der Waals surface area contributed by atoms with Crippen molar-refractivity contribution in [2.45, 2.75) is 13.5 Å². The summed E-state index contributed by atoms with van der Waals surface area (Å²) in [5.41, 5.74) is 2.27. The number of benzene rings is 2. The number of thiazole rings is 1. The van der Waals surface area contributed by atoms with E-state index in [0.717, 1.165) is 22.5 Å². The molecule has 0 saturated heterocycles. The molecule has 0 aliphatic rings. The van der Waals surface area contributed by atoms with Gasteiger partial charge in [0.1, 0.15) is 11.6 Å². The van der Waals surface area contributed by atoms with Crippen molar-refractivity contribution in [2.24, 2.45) is 0 Å². The molecule has 0 atom stereocenters. The Labute approximate surface area is 149 Å². The third kappa shape index (κ3) is 3.80. The van der Waals surface area contributed by atoms with E-state index in [0.29, 0.717) is 28.8 Å². The quantitative estimate of drug-likeness (QED) is 0.680. The molecule has 0 bridgehead atoms. The molecule has 0 unspecified atom stereocenters. The molecule has 1 aromatic heterocycles. The fraction of sp³-hybridized carbons (Fsp3) is 0.158. The molecule has 0 N–H and O–H groups in total. The van der Waals surface area contributed by atoms with Crippen LogP contribution in [0.4, 0.5) is 0 Å². The highest BCUT2D eigenvalue weighted by Crippen LogP contribution is 2.35. The Morgan fingerprint density at radius 2 is 1.92 bits per heavy atom. The van der Waals surface area contributed by atoms with Gasteiger partial charge in [-0.3, -0.25) is 0 Å². The van der Waals surface area contributed by atoms with Crippen molar-refractivity contribution in [3.63, 3.8) is 0 Å². The number of ether oxygens (including phenoxy) is 2. The van der Waals surface area contributed by atoms with E-state index in [1.54, 1.807) is 26.2 Å². The van der Waals surface area contributed by atoms with Crippen molar-refractivity contribution in [1.29, 1.82) is 0 Å². The summed E-state index contributed by atoms with van der Waals surface area (Å²) in [6.45, 7) is 2.08. The van der Waals surface area contributed by atoms with Crippen molar-refractivity contribution >= 4 is 17.3 Å². The molecule has 0 radical (unpaired) electrons. The fourth-order valence-corrected chi connectivity index (χ4v) is 3.26. The van der Waals surface area contributed by atoms with Crippen LogP contribution in [0.1, 0.15) is 20.9 Å². The first-order valence-electron chi connectivity index (χ1n) is 7.62. The van der Waals surface area contributed by atoms with Crippen molar-refractivity contribution in [3.8, 4) is 22.1 Å². The van der Waals surface area contributed by atoms with Gasteiger partial charge >= 0.3 is 0 Å². The molecule has 1 heterocycles. The molecule has 0 amide bonds. The monoisotopic (exact) mass is 354 g/mol. The van der Waals surface area contributed by atoms with Gasteiger partial charge in [-0.2, -0.15) is 0 Å². The Morgan fingerprint density at radius 1 is 1.16 bits per heavy atom. The number of aryl methyl sites for hydroxylation is 1. The first-order chi connectivity index (χ1) is 12.1. The molecule has 6 heteroatoms.